The standard InChI is InChI=1S/C14H20F2N2O/c1-14(5-2-6-19-14)9-18-13(8-17)10-3-4-11(15)12(16)7-10/h3-4,7,13,18H,2,5-6,8-9,17H2,1H3. The topological polar surface area (TPSA) is 47.3 Å². The van der Waals surface area contributed by atoms with Crippen LogP contribution in [0.1, 0.15) is 31.4 Å². The second-order valence-corrected chi connectivity index (χ2v) is 5.24. The van der Waals surface area contributed by atoms with Gasteiger partial charge in [0.15, 0.2) is 11.6 Å². The van der Waals surface area contributed by atoms with Crippen LogP contribution in [0, 0.1) is 11.6 Å². The van der Waals surface area contributed by atoms with Crippen molar-refractivity contribution in [1.29, 1.82) is 0 Å². The largest absolute Gasteiger partial charge is 0.374 e. The average molecular weight is 270 g/mol. The molecule has 1 aromatic carbocycles. The Morgan fingerprint density at radius 3 is 2.79 bits per heavy atom. The molecule has 2 rings (SSSR count). The summed E-state index contributed by atoms with van der Waals surface area (Å²) in [6.07, 6.45) is 2.05. The third-order valence-electron chi connectivity index (χ3n) is 3.60. The van der Waals surface area contributed by atoms with E-state index in [1.807, 2.05) is 6.92 Å². The summed E-state index contributed by atoms with van der Waals surface area (Å²) in [6.45, 7) is 3.79. The van der Waals surface area contributed by atoms with Gasteiger partial charge >= 0.3 is 0 Å². The Morgan fingerprint density at radius 2 is 2.21 bits per heavy atom. The second kappa shape index (κ2) is 5.94. The quantitative estimate of drug-likeness (QED) is 0.861. The maximum absolute atomic E-state index is 13.2. The van der Waals surface area contributed by atoms with Gasteiger partial charge in [-0.05, 0) is 37.5 Å². The maximum atomic E-state index is 13.2. The lowest BCUT2D eigenvalue weighted by Gasteiger charge is -2.27. The van der Waals surface area contributed by atoms with Crippen molar-refractivity contribution in [2.75, 3.05) is 19.7 Å². The molecule has 0 bridgehead atoms. The van der Waals surface area contributed by atoms with E-state index in [2.05, 4.69) is 5.32 Å². The minimum Gasteiger partial charge on any atom is -0.374 e. The highest BCUT2D eigenvalue weighted by molar-refractivity contribution is 5.21. The average Bonchev–Trinajstić information content (AvgIpc) is 2.81. The van der Waals surface area contributed by atoms with Crippen LogP contribution in [0.4, 0.5) is 8.78 Å². The van der Waals surface area contributed by atoms with Gasteiger partial charge in [-0.3, -0.25) is 0 Å². The molecule has 0 saturated carbocycles. The number of benzene rings is 1. The number of ether oxygens (including phenoxy) is 1. The molecule has 1 aromatic rings. The van der Waals surface area contributed by atoms with Gasteiger partial charge in [-0.1, -0.05) is 6.07 Å². The molecule has 1 saturated heterocycles. The van der Waals surface area contributed by atoms with Gasteiger partial charge in [-0.25, -0.2) is 8.78 Å². The molecule has 1 aliphatic rings. The van der Waals surface area contributed by atoms with Gasteiger partial charge in [0.25, 0.3) is 0 Å². The van der Waals surface area contributed by atoms with Crippen LogP contribution in [0.5, 0.6) is 0 Å². The minimum absolute atomic E-state index is 0.188. The van der Waals surface area contributed by atoms with Gasteiger partial charge in [-0.15, -0.1) is 0 Å². The fraction of sp³-hybridized carbons (Fsp3) is 0.571. The predicted molar refractivity (Wildman–Crippen MR) is 69.7 cm³/mol. The lowest BCUT2D eigenvalue weighted by molar-refractivity contribution is 0.0189. The van der Waals surface area contributed by atoms with Crippen LogP contribution in [0.25, 0.3) is 0 Å². The van der Waals surface area contributed by atoms with Gasteiger partial charge in [0, 0.05) is 25.7 Å². The lowest BCUT2D eigenvalue weighted by Crippen LogP contribution is -2.41. The first-order chi connectivity index (χ1) is 9.04. The van der Waals surface area contributed by atoms with Crippen LogP contribution < -0.4 is 11.1 Å². The third kappa shape index (κ3) is 3.49. The first-order valence-corrected chi connectivity index (χ1v) is 6.56. The molecule has 5 heteroatoms. The molecule has 1 aliphatic heterocycles. The van der Waals surface area contributed by atoms with Crippen molar-refractivity contribution in [3.63, 3.8) is 0 Å². The van der Waals surface area contributed by atoms with E-state index in [0.717, 1.165) is 25.5 Å². The number of nitrogens with one attached hydrogen (secondary N) is 1. The zero-order valence-corrected chi connectivity index (χ0v) is 11.1. The molecule has 0 spiro atoms. The van der Waals surface area contributed by atoms with Crippen molar-refractivity contribution in [2.24, 2.45) is 5.73 Å². The summed E-state index contributed by atoms with van der Waals surface area (Å²) in [4.78, 5) is 0. The predicted octanol–water partition coefficient (Wildman–Crippen LogP) is 2.12. The molecule has 0 aliphatic carbocycles. The fourth-order valence-electron chi connectivity index (χ4n) is 2.38. The Bertz CT molecular complexity index is 433. The lowest BCUT2D eigenvalue weighted by atomic mass is 10.0. The van der Waals surface area contributed by atoms with Crippen LogP contribution in [0.2, 0.25) is 0 Å². The molecule has 0 amide bonds. The minimum atomic E-state index is -0.846. The Kier molecular flexibility index (Phi) is 4.50. The van der Waals surface area contributed by atoms with Gasteiger partial charge in [0.05, 0.1) is 5.60 Å². The van der Waals surface area contributed by atoms with Crippen LogP contribution in [0.3, 0.4) is 0 Å². The van der Waals surface area contributed by atoms with Crippen molar-refractivity contribution in [3.8, 4) is 0 Å². The van der Waals surface area contributed by atoms with Crippen molar-refractivity contribution >= 4 is 0 Å². The van der Waals surface area contributed by atoms with E-state index in [4.69, 9.17) is 10.5 Å². The monoisotopic (exact) mass is 270 g/mol. The van der Waals surface area contributed by atoms with E-state index in [9.17, 15) is 8.78 Å². The molecule has 2 atom stereocenters. The van der Waals surface area contributed by atoms with Crippen molar-refractivity contribution in [3.05, 3.63) is 35.4 Å². The molecule has 19 heavy (non-hydrogen) atoms. The van der Waals surface area contributed by atoms with E-state index in [1.54, 1.807) is 6.07 Å². The van der Waals surface area contributed by atoms with Crippen molar-refractivity contribution < 1.29 is 13.5 Å². The highest BCUT2D eigenvalue weighted by Gasteiger charge is 2.30. The van der Waals surface area contributed by atoms with E-state index in [0.29, 0.717) is 18.7 Å². The van der Waals surface area contributed by atoms with Gasteiger partial charge in [0.1, 0.15) is 0 Å². The molecular formula is C14H20F2N2O. The van der Waals surface area contributed by atoms with Gasteiger partial charge in [-0.2, -0.15) is 0 Å². The maximum Gasteiger partial charge on any atom is 0.159 e. The number of nitrogens with two attached hydrogens (primary N) is 1. The first-order valence-electron chi connectivity index (χ1n) is 6.56. The van der Waals surface area contributed by atoms with E-state index >= 15 is 0 Å². The Balaban J connectivity index is 2.01. The SMILES string of the molecule is CC1(CNC(CN)c2ccc(F)c(F)c2)CCCO1. The number of hydrogen-bond donors (Lipinski definition) is 2. The molecule has 1 fully saturated rings. The molecule has 0 aromatic heterocycles. The molecule has 3 N–H and O–H groups in total. The molecule has 0 radical (unpaired) electrons. The summed E-state index contributed by atoms with van der Waals surface area (Å²) >= 11 is 0. The first kappa shape index (κ1) is 14.4. The molecule has 2 unspecified atom stereocenters. The van der Waals surface area contributed by atoms with Gasteiger partial charge in [0.2, 0.25) is 0 Å². The smallest absolute Gasteiger partial charge is 0.159 e. The van der Waals surface area contributed by atoms with E-state index in [1.165, 1.54) is 6.07 Å². The fourth-order valence-corrected chi connectivity index (χ4v) is 2.38. The zero-order chi connectivity index (χ0) is 13.9. The summed E-state index contributed by atoms with van der Waals surface area (Å²) in [5, 5.41) is 3.28. The number of hydrogen-bond acceptors (Lipinski definition) is 3. The Labute approximate surface area is 112 Å². The highest BCUT2D eigenvalue weighted by Crippen LogP contribution is 2.25. The van der Waals surface area contributed by atoms with E-state index in [-0.39, 0.29) is 11.6 Å². The second-order valence-electron chi connectivity index (χ2n) is 5.24. The summed E-state index contributed by atoms with van der Waals surface area (Å²) in [5.74, 6) is -1.69. The molecular weight excluding hydrogens is 250 g/mol. The van der Waals surface area contributed by atoms with Crippen molar-refractivity contribution in [2.45, 2.75) is 31.4 Å². The molecule has 3 nitrogen and oxygen atoms in total. The summed E-state index contributed by atoms with van der Waals surface area (Å²) in [7, 11) is 0. The van der Waals surface area contributed by atoms with Crippen LogP contribution >= 0.6 is 0 Å². The number of rotatable bonds is 5. The zero-order valence-electron chi connectivity index (χ0n) is 11.1. The Morgan fingerprint density at radius 1 is 1.42 bits per heavy atom. The Hall–Kier alpha value is -1.04. The highest BCUT2D eigenvalue weighted by atomic mass is 19.2. The molecule has 106 valence electrons. The number of halogens is 2. The molecule has 1 heterocycles. The summed E-state index contributed by atoms with van der Waals surface area (Å²) in [6, 6.07) is 3.68. The summed E-state index contributed by atoms with van der Waals surface area (Å²) in [5.41, 5.74) is 6.17. The van der Waals surface area contributed by atoms with Crippen LogP contribution in [-0.2, 0) is 4.74 Å². The van der Waals surface area contributed by atoms with Crippen molar-refractivity contribution in [1.82, 2.24) is 5.32 Å². The van der Waals surface area contributed by atoms with Crippen LogP contribution in [-0.4, -0.2) is 25.3 Å². The summed E-state index contributed by atoms with van der Waals surface area (Å²) < 4.78 is 31.8. The van der Waals surface area contributed by atoms with Crippen LogP contribution in [0.15, 0.2) is 18.2 Å². The van der Waals surface area contributed by atoms with Gasteiger partial charge < -0.3 is 15.8 Å². The van der Waals surface area contributed by atoms with E-state index < -0.39 is 11.6 Å². The normalized spacial score (nSPS) is 24.6. The third-order valence-corrected chi connectivity index (χ3v) is 3.60.